The number of carbonyl (C=O) groups is 1. The quantitative estimate of drug-likeness (QED) is 0.850. The average molecular weight is 272 g/mol. The van der Waals surface area contributed by atoms with Crippen LogP contribution in [0.25, 0.3) is 0 Å². The van der Waals surface area contributed by atoms with Crippen molar-refractivity contribution in [2.45, 2.75) is 57.5 Å². The number of rotatable bonds is 1. The van der Waals surface area contributed by atoms with Gasteiger partial charge in [0.25, 0.3) is 0 Å². The zero-order valence-electron chi connectivity index (χ0n) is 12.4. The van der Waals surface area contributed by atoms with Crippen LogP contribution in [0.3, 0.4) is 0 Å². The van der Waals surface area contributed by atoms with Gasteiger partial charge in [0.05, 0.1) is 5.92 Å². The second-order valence-electron chi connectivity index (χ2n) is 6.23. The molecule has 108 valence electrons. The maximum absolute atomic E-state index is 13.0. The van der Waals surface area contributed by atoms with E-state index in [2.05, 4.69) is 36.2 Å². The Balaban J connectivity index is 1.88. The summed E-state index contributed by atoms with van der Waals surface area (Å²) >= 11 is 0. The van der Waals surface area contributed by atoms with Crippen molar-refractivity contribution in [2.24, 2.45) is 0 Å². The van der Waals surface area contributed by atoms with Crippen LogP contribution in [0.5, 0.6) is 0 Å². The Hall–Kier alpha value is -1.51. The fourth-order valence-corrected chi connectivity index (χ4v) is 3.76. The van der Waals surface area contributed by atoms with E-state index in [1.807, 2.05) is 12.1 Å². The smallest absolute Gasteiger partial charge is 0.230 e. The lowest BCUT2D eigenvalue weighted by Crippen LogP contribution is -2.50. The summed E-state index contributed by atoms with van der Waals surface area (Å²) in [7, 11) is 0. The Bertz CT molecular complexity index is 490. The van der Waals surface area contributed by atoms with Gasteiger partial charge in [-0.15, -0.1) is 0 Å². The van der Waals surface area contributed by atoms with Gasteiger partial charge in [-0.25, -0.2) is 0 Å². The predicted molar refractivity (Wildman–Crippen MR) is 81.9 cm³/mol. The van der Waals surface area contributed by atoms with Crippen molar-refractivity contribution < 1.29 is 4.79 Å². The van der Waals surface area contributed by atoms with E-state index in [0.29, 0.717) is 18.0 Å². The topological polar surface area (TPSA) is 32.3 Å². The molecule has 3 nitrogen and oxygen atoms in total. The summed E-state index contributed by atoms with van der Waals surface area (Å²) in [6.07, 6.45) is 4.44. The lowest BCUT2D eigenvalue weighted by atomic mass is 9.87. The van der Waals surface area contributed by atoms with Gasteiger partial charge in [0.2, 0.25) is 5.91 Å². The second-order valence-corrected chi connectivity index (χ2v) is 6.23. The largest absolute Gasteiger partial charge is 0.385 e. The van der Waals surface area contributed by atoms with Gasteiger partial charge in [0.15, 0.2) is 0 Å². The van der Waals surface area contributed by atoms with Crippen LogP contribution < -0.4 is 5.32 Å². The van der Waals surface area contributed by atoms with Gasteiger partial charge in [-0.2, -0.15) is 0 Å². The monoisotopic (exact) mass is 272 g/mol. The SMILES string of the molecule is CC1CCCC(C)N1C(=O)C1CCNc2ccccc21. The van der Waals surface area contributed by atoms with Gasteiger partial charge >= 0.3 is 0 Å². The molecule has 0 saturated carbocycles. The molecule has 2 aliphatic rings. The highest BCUT2D eigenvalue weighted by Crippen LogP contribution is 2.35. The number of para-hydroxylation sites is 1. The lowest BCUT2D eigenvalue weighted by Gasteiger charge is -2.42. The zero-order chi connectivity index (χ0) is 14.1. The van der Waals surface area contributed by atoms with Gasteiger partial charge in [0.1, 0.15) is 0 Å². The van der Waals surface area contributed by atoms with E-state index in [-0.39, 0.29) is 5.92 Å². The van der Waals surface area contributed by atoms with Crippen molar-refractivity contribution in [3.8, 4) is 0 Å². The molecule has 0 bridgehead atoms. The van der Waals surface area contributed by atoms with Crippen molar-refractivity contribution in [2.75, 3.05) is 11.9 Å². The Kier molecular flexibility index (Phi) is 3.68. The lowest BCUT2D eigenvalue weighted by molar-refractivity contribution is -0.139. The van der Waals surface area contributed by atoms with Crippen LogP contribution in [0.1, 0.15) is 51.0 Å². The Morgan fingerprint density at radius 3 is 2.60 bits per heavy atom. The molecule has 0 aliphatic carbocycles. The van der Waals surface area contributed by atoms with E-state index in [0.717, 1.165) is 31.5 Å². The Labute approximate surface area is 121 Å². The molecule has 1 fully saturated rings. The molecule has 1 aromatic rings. The van der Waals surface area contributed by atoms with Gasteiger partial charge < -0.3 is 10.2 Å². The van der Waals surface area contributed by atoms with Crippen LogP contribution in [0.4, 0.5) is 5.69 Å². The summed E-state index contributed by atoms with van der Waals surface area (Å²) < 4.78 is 0. The second kappa shape index (κ2) is 5.47. The zero-order valence-corrected chi connectivity index (χ0v) is 12.4. The summed E-state index contributed by atoms with van der Waals surface area (Å²) in [6.45, 7) is 5.28. The standard InChI is InChI=1S/C17H24N2O/c1-12-6-5-7-13(2)19(12)17(20)15-10-11-18-16-9-4-3-8-14(15)16/h3-4,8-9,12-13,15,18H,5-7,10-11H2,1-2H3. The van der Waals surface area contributed by atoms with Crippen molar-refractivity contribution in [1.29, 1.82) is 0 Å². The summed E-state index contributed by atoms with van der Waals surface area (Å²) in [5.41, 5.74) is 2.31. The van der Waals surface area contributed by atoms with Crippen LogP contribution in [-0.4, -0.2) is 29.4 Å². The third kappa shape index (κ3) is 2.30. The molecular formula is C17H24N2O. The van der Waals surface area contributed by atoms with E-state index >= 15 is 0 Å². The van der Waals surface area contributed by atoms with Gasteiger partial charge in [-0.3, -0.25) is 4.79 Å². The minimum absolute atomic E-state index is 0.0375. The number of piperidine rings is 1. The first-order chi connectivity index (χ1) is 9.68. The number of amides is 1. The molecule has 0 aromatic heterocycles. The Morgan fingerprint density at radius 2 is 1.85 bits per heavy atom. The number of anilines is 1. The van der Waals surface area contributed by atoms with Crippen molar-refractivity contribution in [1.82, 2.24) is 4.90 Å². The van der Waals surface area contributed by atoms with E-state index < -0.39 is 0 Å². The van der Waals surface area contributed by atoms with Crippen LogP contribution in [-0.2, 0) is 4.79 Å². The molecule has 2 heterocycles. The van der Waals surface area contributed by atoms with Crippen molar-refractivity contribution >= 4 is 11.6 Å². The van der Waals surface area contributed by atoms with Gasteiger partial charge in [-0.05, 0) is 51.2 Å². The first-order valence-electron chi connectivity index (χ1n) is 7.83. The average Bonchev–Trinajstić information content (AvgIpc) is 2.46. The molecule has 3 unspecified atom stereocenters. The molecule has 3 atom stereocenters. The van der Waals surface area contributed by atoms with Crippen LogP contribution >= 0.6 is 0 Å². The van der Waals surface area contributed by atoms with E-state index in [4.69, 9.17) is 0 Å². The van der Waals surface area contributed by atoms with E-state index in [1.54, 1.807) is 0 Å². The number of likely N-dealkylation sites (tertiary alicyclic amines) is 1. The van der Waals surface area contributed by atoms with Crippen molar-refractivity contribution in [3.63, 3.8) is 0 Å². The molecule has 0 radical (unpaired) electrons. The number of nitrogens with one attached hydrogen (secondary N) is 1. The summed E-state index contributed by atoms with van der Waals surface area (Å²) in [6, 6.07) is 9.02. The third-order valence-electron chi connectivity index (χ3n) is 4.83. The van der Waals surface area contributed by atoms with Crippen molar-refractivity contribution in [3.05, 3.63) is 29.8 Å². The number of hydrogen-bond donors (Lipinski definition) is 1. The number of benzene rings is 1. The highest BCUT2D eigenvalue weighted by molar-refractivity contribution is 5.87. The van der Waals surface area contributed by atoms with E-state index in [9.17, 15) is 4.79 Å². The van der Waals surface area contributed by atoms with Crippen LogP contribution in [0.2, 0.25) is 0 Å². The first kappa shape index (κ1) is 13.5. The first-order valence-corrected chi connectivity index (χ1v) is 7.83. The molecule has 1 N–H and O–H groups in total. The molecule has 0 spiro atoms. The minimum Gasteiger partial charge on any atom is -0.385 e. The number of fused-ring (bicyclic) bond motifs is 1. The predicted octanol–water partition coefficient (Wildman–Crippen LogP) is 3.38. The normalized spacial score (nSPS) is 29.5. The molecular weight excluding hydrogens is 248 g/mol. The number of hydrogen-bond acceptors (Lipinski definition) is 2. The minimum atomic E-state index is 0.0375. The maximum Gasteiger partial charge on any atom is 0.230 e. The number of carbonyl (C=O) groups excluding carboxylic acids is 1. The summed E-state index contributed by atoms with van der Waals surface area (Å²) in [5, 5.41) is 3.40. The van der Waals surface area contributed by atoms with Crippen LogP contribution in [0.15, 0.2) is 24.3 Å². The fraction of sp³-hybridized carbons (Fsp3) is 0.588. The van der Waals surface area contributed by atoms with Gasteiger partial charge in [-0.1, -0.05) is 18.2 Å². The highest BCUT2D eigenvalue weighted by atomic mass is 16.2. The third-order valence-corrected chi connectivity index (χ3v) is 4.83. The molecule has 20 heavy (non-hydrogen) atoms. The summed E-state index contributed by atoms with van der Waals surface area (Å²) in [4.78, 5) is 15.2. The molecule has 3 heteroatoms. The molecule has 3 rings (SSSR count). The molecule has 2 aliphatic heterocycles. The van der Waals surface area contributed by atoms with E-state index in [1.165, 1.54) is 12.0 Å². The molecule has 1 aromatic carbocycles. The molecule has 1 saturated heterocycles. The molecule has 1 amide bonds. The Morgan fingerprint density at radius 1 is 1.15 bits per heavy atom. The number of nitrogens with zero attached hydrogens (tertiary/aromatic N) is 1. The van der Waals surface area contributed by atoms with Crippen LogP contribution in [0, 0.1) is 0 Å². The maximum atomic E-state index is 13.0. The van der Waals surface area contributed by atoms with Gasteiger partial charge in [0, 0.05) is 24.3 Å². The fourth-order valence-electron chi connectivity index (χ4n) is 3.76. The highest BCUT2D eigenvalue weighted by Gasteiger charge is 2.35. The summed E-state index contributed by atoms with van der Waals surface area (Å²) in [5.74, 6) is 0.370.